The first-order valence-electron chi connectivity index (χ1n) is 8.36. The molecule has 7 nitrogen and oxygen atoms in total. The van der Waals surface area contributed by atoms with Crippen LogP contribution in [0.4, 0.5) is 0 Å². The lowest BCUT2D eigenvalue weighted by Crippen LogP contribution is -2.51. The number of aromatic amines is 1. The monoisotopic (exact) mass is 343 g/mol. The third-order valence-corrected chi connectivity index (χ3v) is 4.64. The second-order valence-corrected chi connectivity index (χ2v) is 6.56. The Bertz CT molecular complexity index is 773. The van der Waals surface area contributed by atoms with Gasteiger partial charge in [0, 0.05) is 10.9 Å². The molecular formula is C18H21N3O4. The van der Waals surface area contributed by atoms with E-state index in [1.54, 1.807) is 6.07 Å². The van der Waals surface area contributed by atoms with Crippen molar-refractivity contribution in [1.82, 2.24) is 15.6 Å². The Hall–Kier alpha value is -2.83. The minimum Gasteiger partial charge on any atom is -0.481 e. The number of amides is 2. The molecule has 1 aromatic heterocycles. The molecule has 4 N–H and O–H groups in total. The molecule has 0 aliphatic heterocycles. The number of hydrogen-bond acceptors (Lipinski definition) is 3. The lowest BCUT2D eigenvalue weighted by atomic mass is 9.93. The van der Waals surface area contributed by atoms with Crippen LogP contribution in [0.5, 0.6) is 0 Å². The molecule has 0 radical (unpaired) electrons. The summed E-state index contributed by atoms with van der Waals surface area (Å²) in [5.74, 6) is -1.66. The Labute approximate surface area is 144 Å². The van der Waals surface area contributed by atoms with Crippen LogP contribution in [0.2, 0.25) is 0 Å². The lowest BCUT2D eigenvalue weighted by molar-refractivity contribution is -0.139. The van der Waals surface area contributed by atoms with Gasteiger partial charge in [0.1, 0.15) is 5.69 Å². The summed E-state index contributed by atoms with van der Waals surface area (Å²) < 4.78 is 0. The van der Waals surface area contributed by atoms with Crippen LogP contribution < -0.4 is 10.6 Å². The topological polar surface area (TPSA) is 111 Å². The van der Waals surface area contributed by atoms with Gasteiger partial charge in [-0.25, -0.2) is 0 Å². The minimum absolute atomic E-state index is 0.0886. The molecule has 7 heteroatoms. The van der Waals surface area contributed by atoms with Gasteiger partial charge in [-0.2, -0.15) is 0 Å². The number of rotatable bonds is 6. The van der Waals surface area contributed by atoms with Crippen molar-refractivity contribution in [2.75, 3.05) is 6.54 Å². The fraction of sp³-hybridized carbons (Fsp3) is 0.389. The van der Waals surface area contributed by atoms with Crippen LogP contribution in [0, 0.1) is 0 Å². The van der Waals surface area contributed by atoms with E-state index in [1.165, 1.54) is 0 Å². The Morgan fingerprint density at radius 2 is 1.88 bits per heavy atom. The van der Waals surface area contributed by atoms with Crippen LogP contribution in [0.15, 0.2) is 30.3 Å². The fourth-order valence-corrected chi connectivity index (χ4v) is 3.48. The maximum Gasteiger partial charge on any atom is 0.305 e. The lowest BCUT2D eigenvalue weighted by Gasteiger charge is -2.28. The molecule has 132 valence electrons. The van der Waals surface area contributed by atoms with E-state index in [1.807, 2.05) is 24.3 Å². The molecule has 1 saturated carbocycles. The second kappa shape index (κ2) is 6.96. The van der Waals surface area contributed by atoms with Crippen molar-refractivity contribution >= 4 is 28.7 Å². The van der Waals surface area contributed by atoms with Crippen molar-refractivity contribution in [2.45, 2.75) is 37.6 Å². The predicted octanol–water partition coefficient (Wildman–Crippen LogP) is 1.80. The summed E-state index contributed by atoms with van der Waals surface area (Å²) in [4.78, 5) is 38.4. The SMILES string of the molecule is O=C(O)CC1(NC(=O)CNC(=O)c2cc3ccccc3[nH]2)CCCC1. The number of carboxylic acid groups (broad SMARTS) is 1. The molecule has 0 bridgehead atoms. The number of H-pyrrole nitrogens is 1. The molecule has 25 heavy (non-hydrogen) atoms. The standard InChI is InChI=1S/C18H21N3O4/c22-15(21-18(10-16(23)24)7-3-4-8-18)11-19-17(25)14-9-12-5-1-2-6-13(12)20-14/h1-2,5-6,9,20H,3-4,7-8,10-11H2,(H,19,25)(H,21,22)(H,23,24). The average molecular weight is 343 g/mol. The predicted molar refractivity (Wildman–Crippen MR) is 92.2 cm³/mol. The summed E-state index contributed by atoms with van der Waals surface area (Å²) >= 11 is 0. The highest BCUT2D eigenvalue weighted by Gasteiger charge is 2.37. The van der Waals surface area contributed by atoms with Gasteiger partial charge in [-0.3, -0.25) is 14.4 Å². The normalized spacial score (nSPS) is 15.8. The van der Waals surface area contributed by atoms with Gasteiger partial charge in [-0.05, 0) is 25.0 Å². The summed E-state index contributed by atoms with van der Waals surface area (Å²) in [6.07, 6.45) is 3.01. The number of aromatic nitrogens is 1. The number of aliphatic carboxylic acids is 1. The van der Waals surface area contributed by atoms with E-state index in [0.717, 1.165) is 23.7 Å². The van der Waals surface area contributed by atoms with Crippen LogP contribution in [0.1, 0.15) is 42.6 Å². The first-order chi connectivity index (χ1) is 12.0. The molecule has 1 aromatic carbocycles. The van der Waals surface area contributed by atoms with E-state index in [2.05, 4.69) is 15.6 Å². The molecule has 2 amide bonds. The van der Waals surface area contributed by atoms with Crippen molar-refractivity contribution in [3.05, 3.63) is 36.0 Å². The van der Waals surface area contributed by atoms with Crippen LogP contribution in [0.3, 0.4) is 0 Å². The third kappa shape index (κ3) is 3.99. The zero-order valence-electron chi connectivity index (χ0n) is 13.8. The van der Waals surface area contributed by atoms with Gasteiger partial charge in [0.2, 0.25) is 5.91 Å². The van der Waals surface area contributed by atoms with Crippen LogP contribution in [-0.4, -0.2) is 40.0 Å². The minimum atomic E-state index is -0.927. The summed E-state index contributed by atoms with van der Waals surface area (Å²) in [5.41, 5.74) is 0.549. The molecule has 0 spiro atoms. The Balaban J connectivity index is 1.57. The highest BCUT2D eigenvalue weighted by Crippen LogP contribution is 2.32. The molecule has 1 aliphatic rings. The number of hydrogen-bond donors (Lipinski definition) is 4. The van der Waals surface area contributed by atoms with E-state index in [-0.39, 0.29) is 24.8 Å². The molecule has 0 saturated heterocycles. The van der Waals surface area contributed by atoms with E-state index in [0.29, 0.717) is 18.5 Å². The molecule has 2 aromatic rings. The highest BCUT2D eigenvalue weighted by molar-refractivity contribution is 5.99. The first kappa shape index (κ1) is 17.0. The van der Waals surface area contributed by atoms with Crippen molar-refractivity contribution in [2.24, 2.45) is 0 Å². The molecule has 1 fully saturated rings. The first-order valence-corrected chi connectivity index (χ1v) is 8.36. The second-order valence-electron chi connectivity index (χ2n) is 6.56. The van der Waals surface area contributed by atoms with Crippen molar-refractivity contribution in [3.8, 4) is 0 Å². The number of fused-ring (bicyclic) bond motifs is 1. The third-order valence-electron chi connectivity index (χ3n) is 4.64. The number of carbonyl (C=O) groups excluding carboxylic acids is 2. The average Bonchev–Trinajstić information content (AvgIpc) is 3.18. The van der Waals surface area contributed by atoms with E-state index in [9.17, 15) is 14.4 Å². The van der Waals surface area contributed by atoms with E-state index in [4.69, 9.17) is 5.11 Å². The number of benzene rings is 1. The summed E-state index contributed by atoms with van der Waals surface area (Å²) in [7, 11) is 0. The molecule has 3 rings (SSSR count). The zero-order valence-corrected chi connectivity index (χ0v) is 13.8. The van der Waals surface area contributed by atoms with E-state index >= 15 is 0 Å². The molecule has 1 heterocycles. The van der Waals surface area contributed by atoms with Crippen LogP contribution in [-0.2, 0) is 9.59 Å². The maximum atomic E-state index is 12.2. The number of carboxylic acids is 1. The smallest absolute Gasteiger partial charge is 0.305 e. The van der Waals surface area contributed by atoms with Crippen molar-refractivity contribution in [1.29, 1.82) is 0 Å². The Kier molecular flexibility index (Phi) is 4.74. The van der Waals surface area contributed by atoms with Crippen molar-refractivity contribution < 1.29 is 19.5 Å². The molecule has 0 atom stereocenters. The summed E-state index contributed by atoms with van der Waals surface area (Å²) in [6, 6.07) is 9.25. The molecule has 0 unspecified atom stereocenters. The van der Waals surface area contributed by atoms with Gasteiger partial charge in [-0.15, -0.1) is 0 Å². The van der Waals surface area contributed by atoms with Gasteiger partial charge in [0.05, 0.1) is 18.5 Å². The van der Waals surface area contributed by atoms with Crippen molar-refractivity contribution in [3.63, 3.8) is 0 Å². The van der Waals surface area contributed by atoms with Gasteiger partial charge in [-0.1, -0.05) is 31.0 Å². The largest absolute Gasteiger partial charge is 0.481 e. The zero-order chi connectivity index (χ0) is 17.9. The van der Waals surface area contributed by atoms with Gasteiger partial charge in [0.25, 0.3) is 5.91 Å². The summed E-state index contributed by atoms with van der Waals surface area (Å²) in [5, 5.41) is 15.4. The van der Waals surface area contributed by atoms with Gasteiger partial charge < -0.3 is 20.7 Å². The number of para-hydroxylation sites is 1. The molecule has 1 aliphatic carbocycles. The Morgan fingerprint density at radius 1 is 1.16 bits per heavy atom. The highest BCUT2D eigenvalue weighted by atomic mass is 16.4. The van der Waals surface area contributed by atoms with Crippen LogP contribution >= 0.6 is 0 Å². The van der Waals surface area contributed by atoms with Gasteiger partial charge in [0.15, 0.2) is 0 Å². The van der Waals surface area contributed by atoms with E-state index < -0.39 is 11.5 Å². The number of carbonyl (C=O) groups is 3. The quantitative estimate of drug-likeness (QED) is 0.641. The van der Waals surface area contributed by atoms with Crippen LogP contribution in [0.25, 0.3) is 10.9 Å². The number of nitrogens with one attached hydrogen (secondary N) is 3. The fourth-order valence-electron chi connectivity index (χ4n) is 3.48. The maximum absolute atomic E-state index is 12.2. The summed E-state index contributed by atoms with van der Waals surface area (Å²) in [6.45, 7) is -0.185. The molecular weight excluding hydrogens is 322 g/mol. The Morgan fingerprint density at radius 3 is 2.56 bits per heavy atom. The van der Waals surface area contributed by atoms with Gasteiger partial charge >= 0.3 is 5.97 Å².